The summed E-state index contributed by atoms with van der Waals surface area (Å²) >= 11 is 1.55. The van der Waals surface area contributed by atoms with E-state index >= 15 is 0 Å². The maximum absolute atomic E-state index is 11.4. The van der Waals surface area contributed by atoms with Gasteiger partial charge in [-0.15, -0.1) is 11.3 Å². The number of hydrogen-bond donors (Lipinski definition) is 2. The minimum atomic E-state index is -0.151. The molecule has 0 aliphatic carbocycles. The highest BCUT2D eigenvalue weighted by Gasteiger charge is 2.05. The second-order valence-corrected chi connectivity index (χ2v) is 4.73. The minimum absolute atomic E-state index is 0.00975. The van der Waals surface area contributed by atoms with Crippen LogP contribution in [0, 0.1) is 11.8 Å². The van der Waals surface area contributed by atoms with Gasteiger partial charge in [-0.05, 0) is 25.5 Å². The van der Waals surface area contributed by atoms with E-state index in [-0.39, 0.29) is 12.5 Å². The Hall–Kier alpha value is -1.35. The maximum Gasteiger partial charge on any atom is 0.234 e. The molecule has 1 rings (SSSR count). The van der Waals surface area contributed by atoms with Crippen LogP contribution >= 0.6 is 11.3 Å². The molecule has 0 aliphatic heterocycles. The molecule has 2 N–H and O–H groups in total. The van der Waals surface area contributed by atoms with Gasteiger partial charge in [-0.3, -0.25) is 4.79 Å². The average Bonchev–Trinajstić information content (AvgIpc) is 2.70. The van der Waals surface area contributed by atoms with Gasteiger partial charge in [0, 0.05) is 10.4 Å². The predicted octanol–water partition coefficient (Wildman–Crippen LogP) is 0.270. The average molecular weight is 252 g/mol. The van der Waals surface area contributed by atoms with Gasteiger partial charge in [0.25, 0.3) is 0 Å². The van der Waals surface area contributed by atoms with Gasteiger partial charge >= 0.3 is 0 Å². The zero-order valence-electron chi connectivity index (χ0n) is 9.99. The van der Waals surface area contributed by atoms with Gasteiger partial charge in [0.2, 0.25) is 5.91 Å². The minimum Gasteiger partial charge on any atom is -0.384 e. The number of nitrogens with one attached hydrogen (secondary N) is 1. The molecule has 0 fully saturated rings. The van der Waals surface area contributed by atoms with E-state index in [9.17, 15) is 4.79 Å². The van der Waals surface area contributed by atoms with Crippen LogP contribution in [-0.4, -0.2) is 43.2 Å². The summed E-state index contributed by atoms with van der Waals surface area (Å²) < 4.78 is 0. The molecule has 0 saturated carbocycles. The van der Waals surface area contributed by atoms with Gasteiger partial charge in [0.1, 0.15) is 6.61 Å². The fourth-order valence-corrected chi connectivity index (χ4v) is 2.02. The van der Waals surface area contributed by atoms with Crippen molar-refractivity contribution in [3.05, 3.63) is 21.9 Å². The molecule has 0 aromatic carbocycles. The lowest BCUT2D eigenvalue weighted by atomic mass is 10.2. The van der Waals surface area contributed by atoms with Crippen molar-refractivity contribution < 1.29 is 9.90 Å². The van der Waals surface area contributed by atoms with Crippen LogP contribution in [0.1, 0.15) is 10.4 Å². The maximum atomic E-state index is 11.4. The summed E-state index contributed by atoms with van der Waals surface area (Å²) in [6.45, 7) is 0.713. The monoisotopic (exact) mass is 252 g/mol. The lowest BCUT2D eigenvalue weighted by molar-refractivity contribution is -0.121. The van der Waals surface area contributed by atoms with Crippen LogP contribution < -0.4 is 5.32 Å². The molecule has 0 atom stereocenters. The summed E-state index contributed by atoms with van der Waals surface area (Å²) in [6.07, 6.45) is 0. The molecule has 0 bridgehead atoms. The number of thiophene rings is 1. The molecule has 0 saturated heterocycles. The standard InChI is InChI=1S/C12H16N2O2S/c1-14(2)9-12(16)13-8-11-10(4-3-6-15)5-7-17-11/h5,7,15H,6,8-9H2,1-2H3,(H,13,16). The number of carbonyl (C=O) groups is 1. The molecule has 1 aromatic heterocycles. The Balaban J connectivity index is 2.52. The van der Waals surface area contributed by atoms with Crippen molar-refractivity contribution in [3.8, 4) is 11.8 Å². The third-order valence-electron chi connectivity index (χ3n) is 1.95. The SMILES string of the molecule is CN(C)CC(=O)NCc1sccc1C#CCO. The molecule has 1 heterocycles. The normalized spacial score (nSPS) is 9.88. The Kier molecular flexibility index (Phi) is 5.70. The highest BCUT2D eigenvalue weighted by atomic mass is 32.1. The van der Waals surface area contributed by atoms with Crippen LogP contribution in [-0.2, 0) is 11.3 Å². The van der Waals surface area contributed by atoms with Gasteiger partial charge < -0.3 is 15.3 Å². The molecule has 5 heteroatoms. The lowest BCUT2D eigenvalue weighted by Crippen LogP contribution is -2.32. The number of amides is 1. The van der Waals surface area contributed by atoms with Crippen LogP contribution in [0.4, 0.5) is 0 Å². The molecule has 1 aromatic rings. The first-order valence-corrected chi connectivity index (χ1v) is 6.09. The van der Waals surface area contributed by atoms with Crippen molar-refractivity contribution in [2.75, 3.05) is 27.2 Å². The van der Waals surface area contributed by atoms with Gasteiger partial charge in [0.15, 0.2) is 0 Å². The summed E-state index contributed by atoms with van der Waals surface area (Å²) in [7, 11) is 3.70. The molecular formula is C12H16N2O2S. The number of hydrogen-bond acceptors (Lipinski definition) is 4. The first kappa shape index (κ1) is 13.7. The van der Waals surface area contributed by atoms with Crippen molar-refractivity contribution in [1.82, 2.24) is 10.2 Å². The first-order chi connectivity index (χ1) is 8.13. The van der Waals surface area contributed by atoms with Gasteiger partial charge in [0.05, 0.1) is 13.1 Å². The molecular weight excluding hydrogens is 236 g/mol. The number of likely N-dealkylation sites (N-methyl/N-ethyl adjacent to an activating group) is 1. The van der Waals surface area contributed by atoms with E-state index < -0.39 is 0 Å². The number of aliphatic hydroxyl groups is 1. The van der Waals surface area contributed by atoms with Crippen LogP contribution in [0.3, 0.4) is 0 Å². The first-order valence-electron chi connectivity index (χ1n) is 5.21. The number of carbonyl (C=O) groups excluding carboxylic acids is 1. The van der Waals surface area contributed by atoms with Crippen LogP contribution in [0.25, 0.3) is 0 Å². The van der Waals surface area contributed by atoms with Crippen LogP contribution in [0.15, 0.2) is 11.4 Å². The molecule has 0 aliphatic rings. The highest BCUT2D eigenvalue weighted by Crippen LogP contribution is 2.15. The number of rotatable bonds is 4. The van der Waals surface area contributed by atoms with E-state index in [1.54, 1.807) is 11.3 Å². The van der Waals surface area contributed by atoms with Crippen molar-refractivity contribution in [3.63, 3.8) is 0 Å². The van der Waals surface area contributed by atoms with Gasteiger partial charge in [-0.25, -0.2) is 0 Å². The topological polar surface area (TPSA) is 52.6 Å². The number of nitrogens with zero attached hydrogens (tertiary/aromatic N) is 1. The zero-order valence-corrected chi connectivity index (χ0v) is 10.8. The Morgan fingerprint density at radius 3 is 3.00 bits per heavy atom. The van der Waals surface area contributed by atoms with E-state index in [1.807, 2.05) is 30.4 Å². The summed E-state index contributed by atoms with van der Waals surface area (Å²) in [5.74, 6) is 5.45. The largest absolute Gasteiger partial charge is 0.384 e. The van der Waals surface area contributed by atoms with E-state index in [4.69, 9.17) is 5.11 Å². The van der Waals surface area contributed by atoms with Crippen LogP contribution in [0.2, 0.25) is 0 Å². The van der Waals surface area contributed by atoms with Crippen molar-refractivity contribution in [2.24, 2.45) is 0 Å². The molecule has 1 amide bonds. The summed E-state index contributed by atoms with van der Waals surface area (Å²) in [5.41, 5.74) is 0.870. The summed E-state index contributed by atoms with van der Waals surface area (Å²) in [4.78, 5) is 14.3. The molecule has 17 heavy (non-hydrogen) atoms. The molecule has 0 unspecified atom stereocenters. The Morgan fingerprint density at radius 2 is 2.35 bits per heavy atom. The fraction of sp³-hybridized carbons (Fsp3) is 0.417. The Labute approximate surface area is 105 Å². The van der Waals surface area contributed by atoms with E-state index in [0.717, 1.165) is 10.4 Å². The van der Waals surface area contributed by atoms with Crippen molar-refractivity contribution in [2.45, 2.75) is 6.54 Å². The highest BCUT2D eigenvalue weighted by molar-refractivity contribution is 7.10. The van der Waals surface area contributed by atoms with Crippen LogP contribution in [0.5, 0.6) is 0 Å². The van der Waals surface area contributed by atoms with E-state index in [1.165, 1.54) is 0 Å². The van der Waals surface area contributed by atoms with Crippen molar-refractivity contribution >= 4 is 17.2 Å². The quantitative estimate of drug-likeness (QED) is 0.756. The number of aliphatic hydroxyl groups excluding tert-OH is 1. The third kappa shape index (κ3) is 5.00. The van der Waals surface area contributed by atoms with E-state index in [0.29, 0.717) is 13.1 Å². The smallest absolute Gasteiger partial charge is 0.234 e. The molecule has 4 nitrogen and oxygen atoms in total. The second kappa shape index (κ2) is 7.07. The third-order valence-corrected chi connectivity index (χ3v) is 2.87. The van der Waals surface area contributed by atoms with Gasteiger partial charge in [-0.2, -0.15) is 0 Å². The lowest BCUT2D eigenvalue weighted by Gasteiger charge is -2.09. The Morgan fingerprint density at radius 1 is 1.59 bits per heavy atom. The Bertz CT molecular complexity index is 429. The van der Waals surface area contributed by atoms with E-state index in [2.05, 4.69) is 17.2 Å². The molecule has 92 valence electrons. The molecule has 0 spiro atoms. The fourth-order valence-electron chi connectivity index (χ4n) is 1.25. The summed E-state index contributed by atoms with van der Waals surface area (Å²) in [6, 6.07) is 1.89. The van der Waals surface area contributed by atoms with Gasteiger partial charge in [-0.1, -0.05) is 11.8 Å². The molecule has 0 radical (unpaired) electrons. The van der Waals surface area contributed by atoms with Crippen molar-refractivity contribution in [1.29, 1.82) is 0 Å². The predicted molar refractivity (Wildman–Crippen MR) is 68.7 cm³/mol. The summed E-state index contributed by atoms with van der Waals surface area (Å²) in [5, 5.41) is 13.4. The second-order valence-electron chi connectivity index (χ2n) is 3.73. The zero-order chi connectivity index (χ0) is 12.7.